The number of nitro groups is 1. The molecule has 0 aliphatic rings. The zero-order valence-corrected chi connectivity index (χ0v) is 10.7. The fourth-order valence-corrected chi connectivity index (χ4v) is 1.59. The highest BCUT2D eigenvalue weighted by atomic mass is 16.6. The largest absolute Gasteiger partial charge is 0.490 e. The van der Waals surface area contributed by atoms with E-state index in [0.717, 1.165) is 0 Å². The average Bonchev–Trinajstić information content (AvgIpc) is 2.44. The number of non-ortho nitro benzene ring substituents is 1. The zero-order chi connectivity index (χ0) is 14.4. The molecule has 0 aliphatic heterocycles. The second-order valence-corrected chi connectivity index (χ2v) is 4.02. The van der Waals surface area contributed by atoms with Crippen LogP contribution in [0.1, 0.15) is 0 Å². The Kier molecular flexibility index (Phi) is 4.39. The number of rotatable bonds is 6. The number of nitrogens with two attached hydrogens (primary N) is 1. The van der Waals surface area contributed by atoms with Crippen LogP contribution < -0.4 is 15.2 Å². The van der Waals surface area contributed by atoms with Gasteiger partial charge in [0.1, 0.15) is 24.7 Å². The van der Waals surface area contributed by atoms with Crippen LogP contribution in [0.4, 0.5) is 11.4 Å². The Morgan fingerprint density at radius 2 is 1.65 bits per heavy atom. The molecule has 0 aromatic heterocycles. The molecule has 0 radical (unpaired) electrons. The Hall–Kier alpha value is -2.76. The van der Waals surface area contributed by atoms with E-state index in [2.05, 4.69) is 0 Å². The summed E-state index contributed by atoms with van der Waals surface area (Å²) in [6.45, 7) is 0.701. The molecule has 0 amide bonds. The summed E-state index contributed by atoms with van der Waals surface area (Å²) in [5.74, 6) is 1.24. The highest BCUT2D eigenvalue weighted by Crippen LogP contribution is 2.17. The molecular weight excluding hydrogens is 260 g/mol. The van der Waals surface area contributed by atoms with E-state index in [9.17, 15) is 10.1 Å². The first-order valence-corrected chi connectivity index (χ1v) is 6.01. The van der Waals surface area contributed by atoms with E-state index < -0.39 is 4.92 Å². The van der Waals surface area contributed by atoms with Crippen LogP contribution in [0.3, 0.4) is 0 Å². The van der Waals surface area contributed by atoms with Gasteiger partial charge in [0, 0.05) is 23.9 Å². The molecule has 0 saturated heterocycles. The van der Waals surface area contributed by atoms with E-state index in [1.54, 1.807) is 24.3 Å². The minimum atomic E-state index is -0.452. The lowest BCUT2D eigenvalue weighted by Gasteiger charge is -2.08. The van der Waals surface area contributed by atoms with Crippen LogP contribution in [-0.2, 0) is 0 Å². The molecule has 0 atom stereocenters. The number of benzene rings is 2. The van der Waals surface area contributed by atoms with E-state index in [4.69, 9.17) is 15.2 Å². The van der Waals surface area contributed by atoms with Gasteiger partial charge < -0.3 is 15.2 Å². The fraction of sp³-hybridized carbons (Fsp3) is 0.143. The topological polar surface area (TPSA) is 87.6 Å². The van der Waals surface area contributed by atoms with E-state index in [1.807, 2.05) is 12.1 Å². The molecule has 0 heterocycles. The molecule has 2 aromatic rings. The van der Waals surface area contributed by atoms with Gasteiger partial charge in [-0.25, -0.2) is 0 Å². The Labute approximate surface area is 115 Å². The van der Waals surface area contributed by atoms with Crippen molar-refractivity contribution in [2.24, 2.45) is 0 Å². The first-order valence-electron chi connectivity index (χ1n) is 6.01. The van der Waals surface area contributed by atoms with Crippen molar-refractivity contribution < 1.29 is 14.4 Å². The maximum Gasteiger partial charge on any atom is 0.269 e. The Balaban J connectivity index is 1.77. The quantitative estimate of drug-likeness (QED) is 0.378. The summed E-state index contributed by atoms with van der Waals surface area (Å²) in [5, 5.41) is 10.5. The number of anilines is 1. The summed E-state index contributed by atoms with van der Waals surface area (Å²) >= 11 is 0. The Bertz CT molecular complexity index is 584. The Morgan fingerprint density at radius 1 is 1.00 bits per heavy atom. The molecule has 6 heteroatoms. The molecular formula is C14H14N2O4. The summed E-state index contributed by atoms with van der Waals surface area (Å²) in [5.41, 5.74) is 6.30. The number of nitro benzene ring substituents is 1. The second kappa shape index (κ2) is 6.42. The summed E-state index contributed by atoms with van der Waals surface area (Å²) < 4.78 is 10.9. The van der Waals surface area contributed by atoms with Crippen LogP contribution in [0.25, 0.3) is 0 Å². The monoisotopic (exact) mass is 274 g/mol. The molecule has 104 valence electrons. The summed E-state index contributed by atoms with van der Waals surface area (Å²) in [7, 11) is 0. The summed E-state index contributed by atoms with van der Waals surface area (Å²) in [6.07, 6.45) is 0. The standard InChI is InChI=1S/C14H14N2O4/c15-11-2-1-3-14(10-11)20-9-8-19-13-6-4-12(5-7-13)16(17)18/h1-7,10H,8-9,15H2. The first kappa shape index (κ1) is 13.7. The van der Waals surface area contributed by atoms with Gasteiger partial charge in [-0.1, -0.05) is 6.07 Å². The predicted octanol–water partition coefficient (Wildman–Crippen LogP) is 2.63. The lowest BCUT2D eigenvalue weighted by atomic mass is 10.3. The van der Waals surface area contributed by atoms with Crippen molar-refractivity contribution in [1.82, 2.24) is 0 Å². The van der Waals surface area contributed by atoms with Crippen molar-refractivity contribution in [2.75, 3.05) is 18.9 Å². The van der Waals surface area contributed by atoms with Crippen molar-refractivity contribution in [3.63, 3.8) is 0 Å². The first-order chi connectivity index (χ1) is 9.65. The van der Waals surface area contributed by atoms with E-state index in [-0.39, 0.29) is 5.69 Å². The molecule has 0 bridgehead atoms. The highest BCUT2D eigenvalue weighted by molar-refractivity contribution is 5.43. The van der Waals surface area contributed by atoms with Crippen LogP contribution >= 0.6 is 0 Å². The smallest absolute Gasteiger partial charge is 0.269 e. The Morgan fingerprint density at radius 3 is 2.25 bits per heavy atom. The SMILES string of the molecule is Nc1cccc(OCCOc2ccc([N+](=O)[O-])cc2)c1. The van der Waals surface area contributed by atoms with Gasteiger partial charge in [-0.2, -0.15) is 0 Å². The lowest BCUT2D eigenvalue weighted by molar-refractivity contribution is -0.384. The molecule has 2 rings (SSSR count). The molecule has 20 heavy (non-hydrogen) atoms. The molecule has 0 unspecified atom stereocenters. The molecule has 0 fully saturated rings. The van der Waals surface area contributed by atoms with Gasteiger partial charge in [-0.3, -0.25) is 10.1 Å². The van der Waals surface area contributed by atoms with Gasteiger partial charge in [0.2, 0.25) is 0 Å². The summed E-state index contributed by atoms with van der Waals surface area (Å²) in [4.78, 5) is 10.0. The van der Waals surface area contributed by atoms with Crippen molar-refractivity contribution in [3.05, 3.63) is 58.6 Å². The normalized spacial score (nSPS) is 10.0. The zero-order valence-electron chi connectivity index (χ0n) is 10.7. The third-order valence-corrected chi connectivity index (χ3v) is 2.53. The molecule has 2 aromatic carbocycles. The van der Waals surface area contributed by atoms with Crippen molar-refractivity contribution in [2.45, 2.75) is 0 Å². The van der Waals surface area contributed by atoms with Crippen molar-refractivity contribution >= 4 is 11.4 Å². The molecule has 0 spiro atoms. The van der Waals surface area contributed by atoms with E-state index >= 15 is 0 Å². The predicted molar refractivity (Wildman–Crippen MR) is 74.9 cm³/mol. The van der Waals surface area contributed by atoms with Gasteiger partial charge >= 0.3 is 0 Å². The van der Waals surface area contributed by atoms with Crippen molar-refractivity contribution in [3.8, 4) is 11.5 Å². The number of hydrogen-bond donors (Lipinski definition) is 1. The minimum Gasteiger partial charge on any atom is -0.490 e. The van der Waals surface area contributed by atoms with Crippen LogP contribution in [-0.4, -0.2) is 18.1 Å². The van der Waals surface area contributed by atoms with Gasteiger partial charge in [0.25, 0.3) is 5.69 Å². The van der Waals surface area contributed by atoms with Gasteiger partial charge in [0.05, 0.1) is 4.92 Å². The second-order valence-electron chi connectivity index (χ2n) is 4.02. The lowest BCUT2D eigenvalue weighted by Crippen LogP contribution is -2.09. The van der Waals surface area contributed by atoms with E-state index in [0.29, 0.717) is 30.4 Å². The number of ether oxygens (including phenoxy) is 2. The maximum absolute atomic E-state index is 10.5. The average molecular weight is 274 g/mol. The number of hydrogen-bond acceptors (Lipinski definition) is 5. The van der Waals surface area contributed by atoms with Gasteiger partial charge in [0.15, 0.2) is 0 Å². The van der Waals surface area contributed by atoms with E-state index in [1.165, 1.54) is 12.1 Å². The third-order valence-electron chi connectivity index (χ3n) is 2.53. The minimum absolute atomic E-state index is 0.0355. The van der Waals surface area contributed by atoms with Gasteiger partial charge in [-0.15, -0.1) is 0 Å². The highest BCUT2D eigenvalue weighted by Gasteiger charge is 2.04. The van der Waals surface area contributed by atoms with Crippen LogP contribution in [0, 0.1) is 10.1 Å². The fourth-order valence-electron chi connectivity index (χ4n) is 1.59. The molecule has 2 N–H and O–H groups in total. The summed E-state index contributed by atoms with van der Waals surface area (Å²) in [6, 6.07) is 13.0. The van der Waals surface area contributed by atoms with Crippen molar-refractivity contribution in [1.29, 1.82) is 0 Å². The van der Waals surface area contributed by atoms with Crippen LogP contribution in [0.5, 0.6) is 11.5 Å². The van der Waals surface area contributed by atoms with Crippen LogP contribution in [0.15, 0.2) is 48.5 Å². The molecule has 6 nitrogen and oxygen atoms in total. The maximum atomic E-state index is 10.5. The van der Waals surface area contributed by atoms with Crippen LogP contribution in [0.2, 0.25) is 0 Å². The molecule has 0 aliphatic carbocycles. The molecule has 0 saturated carbocycles. The number of nitrogens with zero attached hydrogens (tertiary/aromatic N) is 1. The number of nitrogen functional groups attached to an aromatic ring is 1. The third kappa shape index (κ3) is 3.88. The van der Waals surface area contributed by atoms with Gasteiger partial charge in [-0.05, 0) is 24.3 Å².